The van der Waals surface area contributed by atoms with Crippen molar-refractivity contribution in [1.29, 1.82) is 0 Å². The van der Waals surface area contributed by atoms with Crippen LogP contribution in [0.1, 0.15) is 40.2 Å². The zero-order chi connectivity index (χ0) is 22.2. The van der Waals surface area contributed by atoms with Gasteiger partial charge in [-0.3, -0.25) is 9.20 Å². The van der Waals surface area contributed by atoms with Crippen molar-refractivity contribution >= 4 is 49.5 Å². The lowest BCUT2D eigenvalue weighted by molar-refractivity contribution is -0.137. The number of ketones is 1. The van der Waals surface area contributed by atoms with E-state index < -0.39 is 11.7 Å². The van der Waals surface area contributed by atoms with Crippen LogP contribution in [0.5, 0.6) is 0 Å². The number of Topliss-reactive ketones (excluding diaryl/α,β-unsaturated/α-hetero) is 1. The van der Waals surface area contributed by atoms with Gasteiger partial charge in [0.25, 0.3) is 0 Å². The highest BCUT2D eigenvalue weighted by molar-refractivity contribution is 9.10. The van der Waals surface area contributed by atoms with Gasteiger partial charge in [-0.2, -0.15) is 13.2 Å². The summed E-state index contributed by atoms with van der Waals surface area (Å²) in [7, 11) is 0. The van der Waals surface area contributed by atoms with E-state index in [9.17, 15) is 18.0 Å². The van der Waals surface area contributed by atoms with E-state index >= 15 is 0 Å². The molecule has 0 aliphatic rings. The van der Waals surface area contributed by atoms with Crippen molar-refractivity contribution in [3.63, 3.8) is 0 Å². The molecule has 6 nitrogen and oxygen atoms in total. The molecule has 160 valence electrons. The van der Waals surface area contributed by atoms with Gasteiger partial charge in [0.05, 0.1) is 18.0 Å². The molecule has 1 aromatic carbocycles. The number of carbonyl (C=O) groups is 1. The zero-order valence-electron chi connectivity index (χ0n) is 16.0. The Morgan fingerprint density at radius 2 is 1.90 bits per heavy atom. The summed E-state index contributed by atoms with van der Waals surface area (Å²) in [4.78, 5) is 26.2. The number of alkyl halides is 3. The zero-order valence-corrected chi connectivity index (χ0v) is 18.4. The number of aromatic nitrogens is 4. The van der Waals surface area contributed by atoms with Gasteiger partial charge in [0, 0.05) is 29.4 Å². The van der Waals surface area contributed by atoms with Gasteiger partial charge in [-0.15, -0.1) is 11.3 Å². The molecule has 3 heterocycles. The highest BCUT2D eigenvalue weighted by atomic mass is 79.9. The van der Waals surface area contributed by atoms with Gasteiger partial charge in [-0.05, 0) is 46.1 Å². The van der Waals surface area contributed by atoms with Gasteiger partial charge in [0.1, 0.15) is 10.3 Å². The average Bonchev–Trinajstić information content (AvgIpc) is 3.34. The fourth-order valence-electron chi connectivity index (χ4n) is 2.92. The molecular weight excluding hydrogens is 495 g/mol. The van der Waals surface area contributed by atoms with Gasteiger partial charge in [0.15, 0.2) is 16.6 Å². The molecule has 0 unspecified atom stereocenters. The van der Waals surface area contributed by atoms with Crippen molar-refractivity contribution < 1.29 is 18.0 Å². The van der Waals surface area contributed by atoms with Crippen molar-refractivity contribution in [3.8, 4) is 0 Å². The van der Waals surface area contributed by atoms with Crippen LogP contribution in [0.15, 0.2) is 53.7 Å². The monoisotopic (exact) mass is 509 g/mol. The number of halogens is 4. The number of fused-ring (bicyclic) bond motifs is 1. The molecule has 1 atom stereocenters. The first-order valence-electron chi connectivity index (χ1n) is 9.12. The van der Waals surface area contributed by atoms with Crippen LogP contribution >= 0.6 is 27.3 Å². The number of benzene rings is 1. The SMILES string of the molecule is C[C@@H](CC(=O)c1cn2c(Br)cnc2cn1)c1cnc(Nc2ccc(C(F)(F)F)cc2)s1. The van der Waals surface area contributed by atoms with Crippen LogP contribution in [0.3, 0.4) is 0 Å². The summed E-state index contributed by atoms with van der Waals surface area (Å²) >= 11 is 4.72. The minimum atomic E-state index is -4.37. The summed E-state index contributed by atoms with van der Waals surface area (Å²) in [5, 5.41) is 3.53. The van der Waals surface area contributed by atoms with Gasteiger partial charge >= 0.3 is 6.18 Å². The molecule has 0 aliphatic carbocycles. The molecule has 0 aliphatic heterocycles. The summed E-state index contributed by atoms with van der Waals surface area (Å²) in [6, 6.07) is 4.74. The van der Waals surface area contributed by atoms with E-state index in [0.717, 1.165) is 21.6 Å². The summed E-state index contributed by atoms with van der Waals surface area (Å²) in [6.45, 7) is 1.92. The third-order valence-electron chi connectivity index (χ3n) is 4.60. The predicted octanol–water partition coefficient (Wildman–Crippen LogP) is 6.09. The van der Waals surface area contributed by atoms with E-state index in [1.165, 1.54) is 23.5 Å². The van der Waals surface area contributed by atoms with Gasteiger partial charge in [-0.25, -0.2) is 15.0 Å². The van der Waals surface area contributed by atoms with Crippen LogP contribution in [0.4, 0.5) is 24.0 Å². The van der Waals surface area contributed by atoms with Crippen molar-refractivity contribution in [3.05, 3.63) is 69.8 Å². The maximum absolute atomic E-state index is 12.7. The molecule has 0 fully saturated rings. The van der Waals surface area contributed by atoms with E-state index in [1.807, 2.05) is 6.92 Å². The topological polar surface area (TPSA) is 72.2 Å². The molecule has 3 aromatic heterocycles. The molecule has 0 bridgehead atoms. The Morgan fingerprint density at radius 3 is 2.61 bits per heavy atom. The number of anilines is 2. The number of imidazole rings is 1. The minimum Gasteiger partial charge on any atom is -0.332 e. The molecule has 0 radical (unpaired) electrons. The van der Waals surface area contributed by atoms with E-state index in [4.69, 9.17) is 0 Å². The highest BCUT2D eigenvalue weighted by Crippen LogP contribution is 2.33. The number of carbonyl (C=O) groups excluding carboxylic acids is 1. The van der Waals surface area contributed by atoms with Crippen LogP contribution in [0.2, 0.25) is 0 Å². The predicted molar refractivity (Wildman–Crippen MR) is 115 cm³/mol. The first kappa shape index (κ1) is 21.4. The van der Waals surface area contributed by atoms with Crippen molar-refractivity contribution in [1.82, 2.24) is 19.4 Å². The van der Waals surface area contributed by atoms with Crippen molar-refractivity contribution in [2.24, 2.45) is 0 Å². The summed E-state index contributed by atoms with van der Waals surface area (Å²) < 4.78 is 40.5. The first-order chi connectivity index (χ1) is 14.7. The third kappa shape index (κ3) is 4.77. The van der Waals surface area contributed by atoms with Gasteiger partial charge in [-0.1, -0.05) is 6.92 Å². The number of rotatable bonds is 6. The molecular formula is C20H15BrF3N5OS. The van der Waals surface area contributed by atoms with Crippen LogP contribution in [0.25, 0.3) is 5.65 Å². The van der Waals surface area contributed by atoms with E-state index in [2.05, 4.69) is 36.2 Å². The largest absolute Gasteiger partial charge is 0.416 e. The smallest absolute Gasteiger partial charge is 0.332 e. The fourth-order valence-corrected chi connectivity index (χ4v) is 4.20. The van der Waals surface area contributed by atoms with Crippen LogP contribution in [-0.4, -0.2) is 25.1 Å². The fraction of sp³-hybridized carbons (Fsp3) is 0.200. The lowest BCUT2D eigenvalue weighted by Crippen LogP contribution is -2.07. The molecule has 0 amide bonds. The summed E-state index contributed by atoms with van der Waals surface area (Å²) in [5.74, 6) is -0.211. The van der Waals surface area contributed by atoms with Gasteiger partial charge in [0.2, 0.25) is 0 Å². The lowest BCUT2D eigenvalue weighted by atomic mass is 10.0. The molecule has 0 saturated carbocycles. The number of thiazole rings is 1. The second-order valence-corrected chi connectivity index (χ2v) is 8.75. The van der Waals surface area contributed by atoms with Gasteiger partial charge < -0.3 is 5.32 Å². The Hall–Kier alpha value is -2.79. The third-order valence-corrected chi connectivity index (χ3v) is 6.33. The van der Waals surface area contributed by atoms with E-state index in [-0.39, 0.29) is 18.1 Å². The van der Waals surface area contributed by atoms with Crippen LogP contribution < -0.4 is 5.32 Å². The Bertz CT molecular complexity index is 1240. The Balaban J connectivity index is 1.42. The summed E-state index contributed by atoms with van der Waals surface area (Å²) in [6.07, 6.45) is 2.36. The standard InChI is InChI=1S/C20H15BrF3N5OS/c1-11(6-15(30)14-10-29-17(21)8-26-18(29)9-25-14)16-7-27-19(31-16)28-13-4-2-12(3-5-13)20(22,23)24/h2-5,7-11H,6H2,1H3,(H,27,28)/t11-/m0/s1. The molecule has 31 heavy (non-hydrogen) atoms. The Labute approximate surface area is 187 Å². The number of hydrogen-bond donors (Lipinski definition) is 1. The van der Waals surface area contributed by atoms with Crippen molar-refractivity contribution in [2.75, 3.05) is 5.32 Å². The van der Waals surface area contributed by atoms with Crippen LogP contribution in [-0.2, 0) is 6.18 Å². The maximum atomic E-state index is 12.7. The number of hydrogen-bond acceptors (Lipinski definition) is 6. The second-order valence-electron chi connectivity index (χ2n) is 6.88. The van der Waals surface area contributed by atoms with Crippen molar-refractivity contribution in [2.45, 2.75) is 25.4 Å². The minimum absolute atomic E-state index is 0.100. The Kier molecular flexibility index (Phi) is 5.80. The molecule has 0 saturated heterocycles. The first-order valence-corrected chi connectivity index (χ1v) is 10.7. The number of nitrogens with zero attached hydrogens (tertiary/aromatic N) is 4. The maximum Gasteiger partial charge on any atom is 0.416 e. The number of nitrogens with one attached hydrogen (secondary N) is 1. The molecule has 4 aromatic rings. The summed E-state index contributed by atoms with van der Waals surface area (Å²) in [5.41, 5.74) is 0.768. The highest BCUT2D eigenvalue weighted by Gasteiger charge is 2.30. The molecule has 1 N–H and O–H groups in total. The Morgan fingerprint density at radius 1 is 1.16 bits per heavy atom. The molecule has 4 rings (SSSR count). The molecule has 11 heteroatoms. The second kappa shape index (κ2) is 8.39. The molecule has 0 spiro atoms. The van der Waals surface area contributed by atoms with E-state index in [0.29, 0.717) is 22.2 Å². The van der Waals surface area contributed by atoms with Crippen LogP contribution in [0, 0.1) is 0 Å². The average molecular weight is 510 g/mol. The lowest BCUT2D eigenvalue weighted by Gasteiger charge is -2.08. The normalized spacial score (nSPS) is 12.8. The quantitative estimate of drug-likeness (QED) is 0.318. The van der Waals surface area contributed by atoms with E-state index in [1.54, 1.807) is 29.2 Å².